The fraction of sp³-hybridized carbons (Fsp3) is 0.304. The summed E-state index contributed by atoms with van der Waals surface area (Å²) in [7, 11) is -0.715. The molecule has 1 N–H and O–H groups in total. The van der Waals surface area contributed by atoms with Crippen molar-refractivity contribution >= 4 is 54.4 Å². The molecule has 0 saturated carbocycles. The Labute approximate surface area is 201 Å². The van der Waals surface area contributed by atoms with Gasteiger partial charge in [0.1, 0.15) is 6.04 Å². The van der Waals surface area contributed by atoms with Crippen molar-refractivity contribution in [3.63, 3.8) is 0 Å². The van der Waals surface area contributed by atoms with Crippen LogP contribution in [0.4, 0.5) is 5.13 Å². The van der Waals surface area contributed by atoms with Crippen LogP contribution >= 0.6 is 11.3 Å². The summed E-state index contributed by atoms with van der Waals surface area (Å²) in [6, 6.07) is 10.0. The molecule has 9 nitrogen and oxygen atoms in total. The van der Waals surface area contributed by atoms with E-state index >= 15 is 0 Å². The number of fused-ring (bicyclic) bond motifs is 2. The van der Waals surface area contributed by atoms with E-state index in [4.69, 9.17) is 0 Å². The predicted molar refractivity (Wildman–Crippen MR) is 129 cm³/mol. The SMILES string of the molecule is CC(C)CC(C(=O)Nc1nc2ccc(S(=O)(=O)N(C)C)cc2s1)N1C(=O)c2ccccc2C1=O. The Bertz CT molecular complexity index is 1380. The van der Waals surface area contributed by atoms with E-state index in [2.05, 4.69) is 10.3 Å². The lowest BCUT2D eigenvalue weighted by Crippen LogP contribution is -2.47. The van der Waals surface area contributed by atoms with Gasteiger partial charge in [-0.2, -0.15) is 0 Å². The molecule has 0 fully saturated rings. The molecule has 0 bridgehead atoms. The van der Waals surface area contributed by atoms with Crippen molar-refractivity contribution in [2.75, 3.05) is 19.4 Å². The van der Waals surface area contributed by atoms with E-state index in [0.29, 0.717) is 10.2 Å². The first kappa shape index (κ1) is 24.0. The van der Waals surface area contributed by atoms with Crippen LogP contribution in [0.2, 0.25) is 0 Å². The maximum atomic E-state index is 13.3. The Kier molecular flexibility index (Phi) is 6.28. The number of hydrogen-bond acceptors (Lipinski definition) is 7. The minimum atomic E-state index is -3.62. The van der Waals surface area contributed by atoms with E-state index in [1.54, 1.807) is 30.3 Å². The average Bonchev–Trinajstić information content (AvgIpc) is 3.29. The Morgan fingerprint density at radius 1 is 1.09 bits per heavy atom. The third kappa shape index (κ3) is 4.22. The molecule has 2 aromatic carbocycles. The average molecular weight is 501 g/mol. The predicted octanol–water partition coefficient (Wildman–Crippen LogP) is 3.20. The number of nitrogens with zero attached hydrogens (tertiary/aromatic N) is 3. The van der Waals surface area contributed by atoms with Gasteiger partial charge in [-0.1, -0.05) is 37.3 Å². The van der Waals surface area contributed by atoms with Gasteiger partial charge in [-0.3, -0.25) is 19.3 Å². The van der Waals surface area contributed by atoms with Gasteiger partial charge in [-0.05, 0) is 42.7 Å². The highest BCUT2D eigenvalue weighted by Crippen LogP contribution is 2.31. The lowest BCUT2D eigenvalue weighted by Gasteiger charge is -2.26. The largest absolute Gasteiger partial charge is 0.300 e. The van der Waals surface area contributed by atoms with Crippen LogP contribution in [0.5, 0.6) is 0 Å². The molecular formula is C23H24N4O5S2. The van der Waals surface area contributed by atoms with Gasteiger partial charge >= 0.3 is 0 Å². The summed E-state index contributed by atoms with van der Waals surface area (Å²) in [5.41, 5.74) is 1.09. The summed E-state index contributed by atoms with van der Waals surface area (Å²) in [6.45, 7) is 3.81. The second-order valence-corrected chi connectivity index (χ2v) is 11.8. The van der Waals surface area contributed by atoms with Crippen LogP contribution in [0.15, 0.2) is 47.4 Å². The molecule has 0 saturated heterocycles. The number of rotatable bonds is 7. The lowest BCUT2D eigenvalue weighted by atomic mass is 10.0. The number of imide groups is 1. The number of aromatic nitrogens is 1. The first-order valence-corrected chi connectivity index (χ1v) is 12.9. The summed E-state index contributed by atoms with van der Waals surface area (Å²) in [5.74, 6) is -1.48. The fourth-order valence-electron chi connectivity index (χ4n) is 3.79. The highest BCUT2D eigenvalue weighted by atomic mass is 32.2. The molecule has 3 amide bonds. The minimum Gasteiger partial charge on any atom is -0.300 e. The zero-order valence-corrected chi connectivity index (χ0v) is 20.7. The van der Waals surface area contributed by atoms with Crippen LogP contribution in [0.25, 0.3) is 10.2 Å². The standard InChI is InChI=1S/C23H24N4O5S2/c1-13(2)11-18(27-21(29)15-7-5-6-8-16(15)22(27)30)20(28)25-23-24-17-10-9-14(12-19(17)33-23)34(31,32)26(3)4/h5-10,12-13,18H,11H2,1-4H3,(H,24,25,28). The Hall–Kier alpha value is -3.15. The molecule has 2 heterocycles. The number of benzene rings is 2. The smallest absolute Gasteiger partial charge is 0.262 e. The Morgan fingerprint density at radius 2 is 1.71 bits per heavy atom. The Morgan fingerprint density at radius 3 is 2.26 bits per heavy atom. The van der Waals surface area contributed by atoms with Crippen LogP contribution in [0.1, 0.15) is 41.0 Å². The summed E-state index contributed by atoms with van der Waals surface area (Å²) in [4.78, 5) is 44.7. The summed E-state index contributed by atoms with van der Waals surface area (Å²) < 4.78 is 26.6. The molecule has 4 rings (SSSR count). The van der Waals surface area contributed by atoms with Crippen molar-refractivity contribution in [1.82, 2.24) is 14.2 Å². The number of hydrogen-bond donors (Lipinski definition) is 1. The topological polar surface area (TPSA) is 117 Å². The van der Waals surface area contributed by atoms with E-state index in [1.807, 2.05) is 13.8 Å². The summed E-state index contributed by atoms with van der Waals surface area (Å²) >= 11 is 1.12. The van der Waals surface area contributed by atoms with Crippen molar-refractivity contribution in [3.8, 4) is 0 Å². The van der Waals surface area contributed by atoms with Gasteiger partial charge in [-0.25, -0.2) is 17.7 Å². The fourth-order valence-corrected chi connectivity index (χ4v) is 5.70. The molecule has 3 aromatic rings. The first-order chi connectivity index (χ1) is 16.0. The van der Waals surface area contributed by atoms with Gasteiger partial charge in [0.25, 0.3) is 11.8 Å². The van der Waals surface area contributed by atoms with Gasteiger partial charge in [0.05, 0.1) is 26.2 Å². The minimum absolute atomic E-state index is 0.0363. The van der Waals surface area contributed by atoms with Crippen LogP contribution in [0, 0.1) is 5.92 Å². The third-order valence-corrected chi connectivity index (χ3v) is 8.25. The van der Waals surface area contributed by atoms with Gasteiger partial charge in [0.2, 0.25) is 15.9 Å². The van der Waals surface area contributed by atoms with Crippen molar-refractivity contribution in [1.29, 1.82) is 0 Å². The molecule has 1 atom stereocenters. The number of carbonyl (C=O) groups excluding carboxylic acids is 3. The number of sulfonamides is 1. The van der Waals surface area contributed by atoms with Crippen LogP contribution in [0.3, 0.4) is 0 Å². The summed E-state index contributed by atoms with van der Waals surface area (Å²) in [6.07, 6.45) is 0.285. The van der Waals surface area contributed by atoms with E-state index in [-0.39, 0.29) is 33.5 Å². The molecule has 0 aliphatic carbocycles. The zero-order chi connectivity index (χ0) is 24.8. The first-order valence-electron chi connectivity index (χ1n) is 10.6. The quantitative estimate of drug-likeness (QED) is 0.498. The maximum absolute atomic E-state index is 13.3. The lowest BCUT2D eigenvalue weighted by molar-refractivity contribution is -0.120. The van der Waals surface area contributed by atoms with Crippen molar-refractivity contribution < 1.29 is 22.8 Å². The number of amides is 3. The molecule has 1 aromatic heterocycles. The molecule has 0 spiro atoms. The van der Waals surface area contributed by atoms with Crippen molar-refractivity contribution in [2.24, 2.45) is 5.92 Å². The van der Waals surface area contributed by atoms with Crippen LogP contribution < -0.4 is 5.32 Å². The number of anilines is 1. The molecule has 1 unspecified atom stereocenters. The molecule has 34 heavy (non-hydrogen) atoms. The highest BCUT2D eigenvalue weighted by Gasteiger charge is 2.43. The van der Waals surface area contributed by atoms with Crippen LogP contribution in [-0.2, 0) is 14.8 Å². The number of thiazole rings is 1. The van der Waals surface area contributed by atoms with Gasteiger partial charge in [-0.15, -0.1) is 0 Å². The van der Waals surface area contributed by atoms with Gasteiger partial charge < -0.3 is 5.32 Å². The van der Waals surface area contributed by atoms with E-state index in [9.17, 15) is 22.8 Å². The van der Waals surface area contributed by atoms with Gasteiger partial charge in [0, 0.05) is 14.1 Å². The molecule has 1 aliphatic heterocycles. The maximum Gasteiger partial charge on any atom is 0.262 e. The molecule has 178 valence electrons. The summed E-state index contributed by atoms with van der Waals surface area (Å²) in [5, 5.41) is 2.98. The third-order valence-electron chi connectivity index (χ3n) is 5.50. The van der Waals surface area contributed by atoms with Gasteiger partial charge in [0.15, 0.2) is 5.13 Å². The molecule has 0 radical (unpaired) electrons. The monoisotopic (exact) mass is 500 g/mol. The van der Waals surface area contributed by atoms with E-state index in [0.717, 1.165) is 20.5 Å². The number of carbonyl (C=O) groups is 3. The van der Waals surface area contributed by atoms with Crippen molar-refractivity contribution in [2.45, 2.75) is 31.2 Å². The van der Waals surface area contributed by atoms with Crippen molar-refractivity contribution in [3.05, 3.63) is 53.6 Å². The highest BCUT2D eigenvalue weighted by molar-refractivity contribution is 7.89. The van der Waals surface area contributed by atoms with E-state index in [1.165, 1.54) is 26.2 Å². The normalized spacial score (nSPS) is 14.8. The second kappa shape index (κ2) is 8.90. The zero-order valence-electron chi connectivity index (χ0n) is 19.1. The molecular weight excluding hydrogens is 476 g/mol. The Balaban J connectivity index is 1.63. The number of nitrogens with one attached hydrogen (secondary N) is 1. The van der Waals surface area contributed by atoms with Crippen LogP contribution in [-0.4, -0.2) is 60.5 Å². The van der Waals surface area contributed by atoms with E-state index < -0.39 is 33.8 Å². The molecule has 1 aliphatic rings. The second-order valence-electron chi connectivity index (χ2n) is 8.60. The molecule has 11 heteroatoms.